The van der Waals surface area contributed by atoms with Crippen molar-refractivity contribution in [3.63, 3.8) is 0 Å². The summed E-state index contributed by atoms with van der Waals surface area (Å²) in [6.07, 6.45) is 0.492. The molecule has 0 aromatic heterocycles. The van der Waals surface area contributed by atoms with Crippen LogP contribution in [0.4, 0.5) is 5.69 Å². The van der Waals surface area contributed by atoms with Crippen LogP contribution in [-0.4, -0.2) is 120 Å². The fraction of sp³-hybridized carbons (Fsp3) is 0.475. The van der Waals surface area contributed by atoms with E-state index in [4.69, 9.17) is 33.8 Å². The molecule has 0 bridgehead atoms. The number of primary amides is 1. The molecule has 0 saturated carbocycles. The number of nitro groups is 1. The normalized spacial score (nSPS) is 13.0. The highest BCUT2D eigenvalue weighted by Gasteiger charge is 2.32. The molecule has 0 heterocycles. The number of hydrogen-bond acceptors (Lipinski definition) is 13. The fourth-order valence-electron chi connectivity index (χ4n) is 6.10. The number of carbonyl (C=O) groups is 7. The summed E-state index contributed by atoms with van der Waals surface area (Å²) in [5.41, 5.74) is 23.0. The monoisotopic (exact) mass is 911 g/mol. The standard InChI is InChI=1S/C40H61N15O10/c1-22(2)17-30(37(62)53-29(6-4-16-48-40(45)46)36(61)52-28(34(42)59)5-3-15-47-39(43)44)54-38(63)31(19-24-7-11-25(12-8-24)55(64)65)51-33(58)21-49-32(57)20-50-35(60)27(41)18-23-9-13-26(56)14-10-23/h7-14,22,27-31,56H,3-6,15-21,41H2,1-2H3,(H2,42,59)(H,49,57)(H,50,60)(H,51,58)(H,52,61)(H,53,62)(H,54,63)(H4,43,44,47)(H4,45,46,48)/t27-,28-,29+,30-,31-/m0/s1. The number of amides is 7. The number of nitrogens with two attached hydrogens (primary N) is 4. The average molecular weight is 912 g/mol. The molecule has 0 aliphatic carbocycles. The van der Waals surface area contributed by atoms with E-state index in [2.05, 4.69) is 42.5 Å². The van der Waals surface area contributed by atoms with Crippen LogP contribution in [0, 0.1) is 26.9 Å². The van der Waals surface area contributed by atoms with Gasteiger partial charge in [0.2, 0.25) is 41.4 Å². The number of rotatable bonds is 28. The molecule has 25 nitrogen and oxygen atoms in total. The van der Waals surface area contributed by atoms with Gasteiger partial charge in [0.05, 0.1) is 24.1 Å². The first-order valence-corrected chi connectivity index (χ1v) is 20.6. The van der Waals surface area contributed by atoms with Crippen molar-refractivity contribution >= 4 is 59.0 Å². The van der Waals surface area contributed by atoms with Crippen LogP contribution in [0.15, 0.2) is 48.5 Å². The third-order valence-electron chi connectivity index (χ3n) is 9.44. The lowest BCUT2D eigenvalue weighted by Gasteiger charge is -2.27. The van der Waals surface area contributed by atoms with E-state index in [-0.39, 0.29) is 87.3 Å². The van der Waals surface area contributed by atoms with Gasteiger partial charge in [-0.2, -0.15) is 0 Å². The minimum atomic E-state index is -1.41. The third-order valence-corrected chi connectivity index (χ3v) is 9.44. The maximum absolute atomic E-state index is 14.0. The summed E-state index contributed by atoms with van der Waals surface area (Å²) in [4.78, 5) is 103. The number of nitro benzene ring substituents is 1. The molecule has 0 unspecified atom stereocenters. The Labute approximate surface area is 374 Å². The van der Waals surface area contributed by atoms with Gasteiger partial charge in [0.1, 0.15) is 29.9 Å². The van der Waals surface area contributed by atoms with Gasteiger partial charge in [-0.1, -0.05) is 38.1 Å². The zero-order valence-corrected chi connectivity index (χ0v) is 36.2. The lowest BCUT2D eigenvalue weighted by Crippen LogP contribution is -2.59. The number of non-ortho nitro benzene ring substituents is 1. The molecule has 0 aliphatic heterocycles. The second-order valence-corrected chi connectivity index (χ2v) is 15.4. The first-order valence-electron chi connectivity index (χ1n) is 20.6. The third kappa shape index (κ3) is 21.4. The lowest BCUT2D eigenvalue weighted by molar-refractivity contribution is -0.384. The maximum Gasteiger partial charge on any atom is 0.269 e. The van der Waals surface area contributed by atoms with Gasteiger partial charge in [-0.25, -0.2) is 0 Å². The smallest absolute Gasteiger partial charge is 0.269 e. The van der Waals surface area contributed by atoms with Crippen LogP contribution >= 0.6 is 0 Å². The highest BCUT2D eigenvalue weighted by molar-refractivity contribution is 5.96. The van der Waals surface area contributed by atoms with Crippen molar-refractivity contribution < 1.29 is 43.6 Å². The second kappa shape index (κ2) is 27.5. The Balaban J connectivity index is 2.23. The highest BCUT2D eigenvalue weighted by atomic mass is 16.6. The van der Waals surface area contributed by atoms with Gasteiger partial charge in [-0.3, -0.25) is 54.5 Å². The molecule has 0 aliphatic rings. The Kier molecular flexibility index (Phi) is 22.6. The summed E-state index contributed by atoms with van der Waals surface area (Å²) in [7, 11) is 0. The Bertz CT molecular complexity index is 1980. The van der Waals surface area contributed by atoms with Crippen molar-refractivity contribution in [2.45, 2.75) is 89.0 Å². The average Bonchev–Trinajstić information content (AvgIpc) is 3.23. The second-order valence-electron chi connectivity index (χ2n) is 15.4. The van der Waals surface area contributed by atoms with E-state index < -0.39 is 89.6 Å². The quantitative estimate of drug-likeness (QED) is 0.0130. The molecular weight excluding hydrogens is 851 g/mol. The molecule has 25 heteroatoms. The summed E-state index contributed by atoms with van der Waals surface area (Å²) in [6, 6.07) is 5.04. The van der Waals surface area contributed by atoms with Crippen LogP contribution in [0.3, 0.4) is 0 Å². The zero-order valence-electron chi connectivity index (χ0n) is 36.2. The number of hydrogen-bond donors (Lipinski definition) is 15. The topological polar surface area (TPSA) is 431 Å². The number of aromatic hydroxyl groups is 1. The summed E-state index contributed by atoms with van der Waals surface area (Å²) < 4.78 is 0. The minimum Gasteiger partial charge on any atom is -0.508 e. The summed E-state index contributed by atoms with van der Waals surface area (Å²) in [5, 5.41) is 55.6. The van der Waals surface area contributed by atoms with Gasteiger partial charge in [0, 0.05) is 31.6 Å². The maximum atomic E-state index is 14.0. The molecule has 5 atom stereocenters. The number of benzene rings is 2. The molecule has 356 valence electrons. The van der Waals surface area contributed by atoms with Crippen LogP contribution in [0.2, 0.25) is 0 Å². The highest BCUT2D eigenvalue weighted by Crippen LogP contribution is 2.15. The molecule has 65 heavy (non-hydrogen) atoms. The van der Waals surface area contributed by atoms with E-state index in [1.54, 1.807) is 26.0 Å². The first-order chi connectivity index (χ1) is 30.6. The van der Waals surface area contributed by atoms with Gasteiger partial charge < -0.3 is 70.6 Å². The van der Waals surface area contributed by atoms with Crippen molar-refractivity contribution in [1.29, 1.82) is 10.8 Å². The van der Waals surface area contributed by atoms with Crippen molar-refractivity contribution in [2.24, 2.45) is 28.9 Å². The Morgan fingerprint density at radius 1 is 0.631 bits per heavy atom. The Hall–Kier alpha value is -7.57. The predicted octanol–water partition coefficient (Wildman–Crippen LogP) is -3.36. The summed E-state index contributed by atoms with van der Waals surface area (Å²) in [5.74, 6) is -6.35. The van der Waals surface area contributed by atoms with Gasteiger partial charge >= 0.3 is 0 Å². The zero-order chi connectivity index (χ0) is 48.6. The van der Waals surface area contributed by atoms with E-state index >= 15 is 0 Å². The molecular formula is C40H61N15O10. The Morgan fingerprint density at radius 2 is 1.11 bits per heavy atom. The lowest BCUT2D eigenvalue weighted by atomic mass is 10.00. The van der Waals surface area contributed by atoms with Crippen LogP contribution < -0.4 is 65.5 Å². The largest absolute Gasteiger partial charge is 0.508 e. The minimum absolute atomic E-state index is 0.0155. The van der Waals surface area contributed by atoms with E-state index in [1.807, 2.05) is 0 Å². The van der Waals surface area contributed by atoms with Crippen LogP contribution in [-0.2, 0) is 46.4 Å². The van der Waals surface area contributed by atoms with Gasteiger partial charge in [-0.15, -0.1) is 0 Å². The first kappa shape index (κ1) is 53.6. The Morgan fingerprint density at radius 3 is 1.65 bits per heavy atom. The number of nitrogens with zero attached hydrogens (tertiary/aromatic N) is 1. The van der Waals surface area contributed by atoms with Gasteiger partial charge in [0.15, 0.2) is 11.9 Å². The van der Waals surface area contributed by atoms with Crippen LogP contribution in [0.5, 0.6) is 5.75 Å². The number of phenolic OH excluding ortho intramolecular Hbond substituents is 1. The number of nitrogens with one attached hydrogen (secondary N) is 10. The van der Waals surface area contributed by atoms with E-state index in [0.717, 1.165) is 0 Å². The predicted molar refractivity (Wildman–Crippen MR) is 237 cm³/mol. The van der Waals surface area contributed by atoms with E-state index in [1.165, 1.54) is 36.4 Å². The van der Waals surface area contributed by atoms with Crippen molar-refractivity contribution in [1.82, 2.24) is 42.5 Å². The molecule has 0 saturated heterocycles. The molecule has 19 N–H and O–H groups in total. The molecule has 2 aromatic rings. The molecule has 2 rings (SSSR count). The van der Waals surface area contributed by atoms with Crippen molar-refractivity contribution in [3.05, 3.63) is 69.8 Å². The number of phenols is 1. The SMILES string of the molecule is CC(C)C[C@H](NC(=O)[C@H](Cc1ccc([N+](=O)[O-])cc1)NC(=O)CNC(=O)CNC(=O)[C@@H](N)Cc1ccc(O)cc1)C(=O)N[C@H](CCCNC(=N)N)C(=O)N[C@@H](CCCNC(=N)N)C(N)=O. The summed E-state index contributed by atoms with van der Waals surface area (Å²) >= 11 is 0. The van der Waals surface area contributed by atoms with E-state index in [0.29, 0.717) is 11.1 Å². The van der Waals surface area contributed by atoms with Crippen LogP contribution in [0.25, 0.3) is 0 Å². The van der Waals surface area contributed by atoms with Crippen LogP contribution in [0.1, 0.15) is 57.1 Å². The van der Waals surface area contributed by atoms with Gasteiger partial charge in [0.25, 0.3) is 5.69 Å². The molecule has 0 spiro atoms. The fourth-order valence-corrected chi connectivity index (χ4v) is 6.10. The van der Waals surface area contributed by atoms with E-state index in [9.17, 15) is 48.8 Å². The molecule has 0 fully saturated rings. The molecule has 2 aromatic carbocycles. The van der Waals surface area contributed by atoms with Crippen molar-refractivity contribution in [3.8, 4) is 5.75 Å². The number of carbonyl (C=O) groups excluding carboxylic acids is 7. The molecule has 0 radical (unpaired) electrons. The molecule has 7 amide bonds. The van der Waals surface area contributed by atoms with Crippen molar-refractivity contribution in [2.75, 3.05) is 26.2 Å². The van der Waals surface area contributed by atoms with Gasteiger partial charge in [-0.05, 0) is 67.7 Å². The number of guanidine groups is 2. The summed E-state index contributed by atoms with van der Waals surface area (Å²) in [6.45, 7) is 2.71.